The Balaban J connectivity index is 1.39. The van der Waals surface area contributed by atoms with Crippen LogP contribution in [0.15, 0.2) is 23.0 Å². The van der Waals surface area contributed by atoms with Crippen LogP contribution in [-0.2, 0) is 25.6 Å². The molecule has 0 bridgehead atoms. The lowest BCUT2D eigenvalue weighted by Gasteiger charge is -2.26. The Bertz CT molecular complexity index is 600. The molecule has 2 aliphatic heterocycles. The van der Waals surface area contributed by atoms with Gasteiger partial charge in [-0.25, -0.2) is 0 Å². The third-order valence-corrected chi connectivity index (χ3v) is 5.07. The molecule has 1 aromatic rings. The highest BCUT2D eigenvalue weighted by Gasteiger charge is 2.33. The van der Waals surface area contributed by atoms with Crippen LogP contribution in [0.1, 0.15) is 18.9 Å². The minimum absolute atomic E-state index is 0.00887. The fraction of sp³-hybridized carbons (Fsp3) is 0.684. The fourth-order valence-corrected chi connectivity index (χ4v) is 3.47. The number of nitrogens with one attached hydrogen (secondary N) is 1. The maximum absolute atomic E-state index is 12.8. The Labute approximate surface area is 159 Å². The first-order valence-electron chi connectivity index (χ1n) is 9.64. The van der Waals surface area contributed by atoms with E-state index < -0.39 is 0 Å². The van der Waals surface area contributed by atoms with Crippen LogP contribution in [0.3, 0.4) is 0 Å². The summed E-state index contributed by atoms with van der Waals surface area (Å²) < 4.78 is 16.1. The van der Waals surface area contributed by atoms with Gasteiger partial charge in [-0.3, -0.25) is 14.5 Å². The number of hydrogen-bond acceptors (Lipinski definition) is 6. The predicted octanol–water partition coefficient (Wildman–Crippen LogP) is 0.482. The summed E-state index contributed by atoms with van der Waals surface area (Å²) in [7, 11) is 0. The van der Waals surface area contributed by atoms with Gasteiger partial charge in [0.25, 0.3) is 0 Å². The van der Waals surface area contributed by atoms with Crippen LogP contribution in [0.2, 0.25) is 0 Å². The zero-order valence-electron chi connectivity index (χ0n) is 15.9. The minimum atomic E-state index is -0.155. The van der Waals surface area contributed by atoms with Gasteiger partial charge in [-0.1, -0.05) is 0 Å². The molecule has 2 fully saturated rings. The number of ether oxygens (including phenoxy) is 2. The van der Waals surface area contributed by atoms with Gasteiger partial charge < -0.3 is 24.1 Å². The van der Waals surface area contributed by atoms with E-state index in [0.29, 0.717) is 52.4 Å². The van der Waals surface area contributed by atoms with Crippen molar-refractivity contribution in [2.24, 2.45) is 5.92 Å². The molecule has 27 heavy (non-hydrogen) atoms. The van der Waals surface area contributed by atoms with E-state index in [1.54, 1.807) is 12.5 Å². The number of amides is 2. The van der Waals surface area contributed by atoms with E-state index in [2.05, 4.69) is 10.2 Å². The summed E-state index contributed by atoms with van der Waals surface area (Å²) in [5.74, 6) is -0.0655. The van der Waals surface area contributed by atoms with Crippen molar-refractivity contribution in [3.63, 3.8) is 0 Å². The normalized spacial score (nSPS) is 23.3. The smallest absolute Gasteiger partial charge is 0.234 e. The van der Waals surface area contributed by atoms with Crippen molar-refractivity contribution in [1.82, 2.24) is 15.1 Å². The molecule has 0 radical (unpaired) electrons. The van der Waals surface area contributed by atoms with Gasteiger partial charge in [-0.2, -0.15) is 0 Å². The van der Waals surface area contributed by atoms with E-state index in [0.717, 1.165) is 18.7 Å². The van der Waals surface area contributed by atoms with Crippen LogP contribution in [0.25, 0.3) is 0 Å². The number of rotatable bonds is 8. The number of morpholine rings is 1. The van der Waals surface area contributed by atoms with E-state index in [9.17, 15) is 9.59 Å². The second kappa shape index (κ2) is 9.87. The predicted molar refractivity (Wildman–Crippen MR) is 97.9 cm³/mol. The zero-order chi connectivity index (χ0) is 19.1. The molecule has 2 amide bonds. The second-order valence-electron chi connectivity index (χ2n) is 7.06. The third kappa shape index (κ3) is 5.79. The first-order valence-corrected chi connectivity index (χ1v) is 9.64. The molecular weight excluding hydrogens is 350 g/mol. The molecule has 0 unspecified atom stereocenters. The maximum Gasteiger partial charge on any atom is 0.234 e. The SMILES string of the molecule is CCN(Cc1ccoc1)C(=O)[C@@H]1CO[C@H](CNC(=O)CN2CCOCC2)C1. The van der Waals surface area contributed by atoms with Gasteiger partial charge in [-0.05, 0) is 19.4 Å². The Morgan fingerprint density at radius 3 is 2.85 bits per heavy atom. The number of carbonyl (C=O) groups is 2. The Morgan fingerprint density at radius 2 is 2.15 bits per heavy atom. The van der Waals surface area contributed by atoms with Gasteiger partial charge >= 0.3 is 0 Å². The molecular formula is C19H29N3O5. The minimum Gasteiger partial charge on any atom is -0.472 e. The van der Waals surface area contributed by atoms with Gasteiger partial charge in [0.1, 0.15) is 0 Å². The molecule has 0 saturated carbocycles. The lowest BCUT2D eigenvalue weighted by atomic mass is 10.0. The number of carbonyl (C=O) groups excluding carboxylic acids is 2. The maximum atomic E-state index is 12.8. The standard InChI is InChI=1S/C19H29N3O5/c1-2-22(11-15-3-6-26-13-15)19(24)16-9-17(27-14-16)10-20-18(23)12-21-4-7-25-8-5-21/h3,6,13,16-17H,2,4-5,7-12,14H2,1H3,(H,20,23)/t16-,17-/m0/s1. The van der Waals surface area contributed by atoms with Gasteiger partial charge in [-0.15, -0.1) is 0 Å². The lowest BCUT2D eigenvalue weighted by molar-refractivity contribution is -0.136. The van der Waals surface area contributed by atoms with E-state index in [1.807, 2.05) is 17.9 Å². The monoisotopic (exact) mass is 379 g/mol. The molecule has 150 valence electrons. The van der Waals surface area contributed by atoms with E-state index >= 15 is 0 Å². The fourth-order valence-electron chi connectivity index (χ4n) is 3.47. The molecule has 2 aliphatic rings. The van der Waals surface area contributed by atoms with Crippen molar-refractivity contribution in [3.05, 3.63) is 24.2 Å². The quantitative estimate of drug-likeness (QED) is 0.707. The number of hydrogen-bond donors (Lipinski definition) is 1. The largest absolute Gasteiger partial charge is 0.472 e. The Kier molecular flexibility index (Phi) is 7.25. The molecule has 8 nitrogen and oxygen atoms in total. The van der Waals surface area contributed by atoms with Crippen molar-refractivity contribution in [3.8, 4) is 0 Å². The van der Waals surface area contributed by atoms with Crippen LogP contribution in [0.5, 0.6) is 0 Å². The van der Waals surface area contributed by atoms with E-state index in [1.165, 1.54) is 0 Å². The number of nitrogens with zero attached hydrogens (tertiary/aromatic N) is 2. The summed E-state index contributed by atoms with van der Waals surface area (Å²) in [6.07, 6.45) is 3.80. The van der Waals surface area contributed by atoms with Crippen molar-refractivity contribution in [2.75, 3.05) is 52.5 Å². The molecule has 1 N–H and O–H groups in total. The highest BCUT2D eigenvalue weighted by atomic mass is 16.5. The van der Waals surface area contributed by atoms with Gasteiger partial charge in [0.15, 0.2) is 0 Å². The highest BCUT2D eigenvalue weighted by Crippen LogP contribution is 2.22. The van der Waals surface area contributed by atoms with Gasteiger partial charge in [0.05, 0.1) is 50.9 Å². The van der Waals surface area contributed by atoms with Crippen molar-refractivity contribution < 1.29 is 23.5 Å². The van der Waals surface area contributed by atoms with Gasteiger partial charge in [0, 0.05) is 38.3 Å². The molecule has 2 saturated heterocycles. The van der Waals surface area contributed by atoms with Crippen molar-refractivity contribution in [1.29, 1.82) is 0 Å². The Morgan fingerprint density at radius 1 is 1.33 bits per heavy atom. The summed E-state index contributed by atoms with van der Waals surface area (Å²) in [5.41, 5.74) is 0.982. The summed E-state index contributed by atoms with van der Waals surface area (Å²) >= 11 is 0. The summed E-state index contributed by atoms with van der Waals surface area (Å²) in [6, 6.07) is 1.87. The van der Waals surface area contributed by atoms with Gasteiger partial charge in [0.2, 0.25) is 11.8 Å². The third-order valence-electron chi connectivity index (χ3n) is 5.07. The van der Waals surface area contributed by atoms with Crippen LogP contribution in [0, 0.1) is 5.92 Å². The summed E-state index contributed by atoms with van der Waals surface area (Å²) in [6.45, 7) is 7.31. The Hall–Kier alpha value is -1.90. The first-order chi connectivity index (χ1) is 13.2. The second-order valence-corrected chi connectivity index (χ2v) is 7.06. The number of furan rings is 1. The van der Waals surface area contributed by atoms with Crippen LogP contribution >= 0.6 is 0 Å². The first kappa shape index (κ1) is 19.9. The summed E-state index contributed by atoms with van der Waals surface area (Å²) in [4.78, 5) is 28.7. The average molecular weight is 379 g/mol. The molecule has 0 aliphatic carbocycles. The molecule has 8 heteroatoms. The molecule has 2 atom stereocenters. The lowest BCUT2D eigenvalue weighted by Crippen LogP contribution is -2.44. The molecule has 0 spiro atoms. The molecule has 0 aromatic carbocycles. The van der Waals surface area contributed by atoms with Crippen molar-refractivity contribution >= 4 is 11.8 Å². The van der Waals surface area contributed by atoms with Crippen LogP contribution < -0.4 is 5.32 Å². The van der Waals surface area contributed by atoms with E-state index in [-0.39, 0.29) is 23.8 Å². The average Bonchev–Trinajstić information content (AvgIpc) is 3.37. The van der Waals surface area contributed by atoms with Crippen molar-refractivity contribution in [2.45, 2.75) is 26.0 Å². The van der Waals surface area contributed by atoms with E-state index in [4.69, 9.17) is 13.9 Å². The molecule has 3 rings (SSSR count). The topological polar surface area (TPSA) is 84.2 Å². The van der Waals surface area contributed by atoms with Crippen LogP contribution in [-0.4, -0.2) is 80.3 Å². The van der Waals surface area contributed by atoms with Crippen LogP contribution in [0.4, 0.5) is 0 Å². The highest BCUT2D eigenvalue weighted by molar-refractivity contribution is 5.79. The molecule has 3 heterocycles. The molecule has 1 aromatic heterocycles. The zero-order valence-corrected chi connectivity index (χ0v) is 15.9. The summed E-state index contributed by atoms with van der Waals surface area (Å²) in [5, 5.41) is 2.93.